The van der Waals surface area contributed by atoms with Gasteiger partial charge in [0.25, 0.3) is 5.91 Å². The second kappa shape index (κ2) is 85.8. The number of aliphatic hydroxyl groups is 7. The highest BCUT2D eigenvalue weighted by atomic mass is 79.9. The van der Waals surface area contributed by atoms with E-state index in [9.17, 15) is 59.4 Å². The Balaban J connectivity index is 0.000000984. The lowest BCUT2D eigenvalue weighted by Crippen LogP contribution is -3.00. The average Bonchev–Trinajstić information content (AvgIpc) is 0.750. The van der Waals surface area contributed by atoms with Crippen LogP contribution in [0.25, 0.3) is 0 Å². The molecule has 0 radical (unpaired) electrons. The predicted octanol–water partition coefficient (Wildman–Crippen LogP) is 12.8. The van der Waals surface area contributed by atoms with Crippen LogP contribution in [0.3, 0.4) is 0 Å². The van der Waals surface area contributed by atoms with E-state index in [1.165, 1.54) is 187 Å². The van der Waals surface area contributed by atoms with E-state index >= 15 is 0 Å². The van der Waals surface area contributed by atoms with E-state index in [0.29, 0.717) is 90.5 Å². The largest absolute Gasteiger partial charge is 1.00 e. The summed E-state index contributed by atoms with van der Waals surface area (Å²) in [4.78, 5) is 73.6. The van der Waals surface area contributed by atoms with E-state index < -0.39 is 35.3 Å². The smallest absolute Gasteiger partial charge is 0.259 e. The summed E-state index contributed by atoms with van der Waals surface area (Å²) >= 11 is 0. The van der Waals surface area contributed by atoms with Crippen molar-refractivity contribution in [1.29, 1.82) is 0 Å². The van der Waals surface area contributed by atoms with Crippen LogP contribution in [-0.2, 0) is 99.1 Å². The molecule has 7 rings (SSSR count). The van der Waals surface area contributed by atoms with Gasteiger partial charge in [0.15, 0.2) is 6.16 Å². The second-order valence-electron chi connectivity index (χ2n) is 39.0. The van der Waals surface area contributed by atoms with Crippen LogP contribution in [0.15, 0.2) is 188 Å². The van der Waals surface area contributed by atoms with Crippen molar-refractivity contribution in [2.24, 2.45) is 0 Å². The van der Waals surface area contributed by atoms with Crippen LogP contribution in [0.5, 0.6) is 0 Å². The zero-order valence-electron chi connectivity index (χ0n) is 90.2. The minimum Gasteiger partial charge on any atom is -1.00 e. The van der Waals surface area contributed by atoms with Gasteiger partial charge < -0.3 is 121 Å². The van der Waals surface area contributed by atoms with Crippen LogP contribution in [0.2, 0.25) is 0 Å². The Kier molecular flexibility index (Phi) is 80.2. The maximum absolute atomic E-state index is 14.0. The molecule has 7 aromatic rings. The third-order valence-corrected chi connectivity index (χ3v) is 31.4. The summed E-state index contributed by atoms with van der Waals surface area (Å²) in [6, 6.07) is 65.5. The average molecular weight is 2190 g/mol. The van der Waals surface area contributed by atoms with E-state index in [0.717, 1.165) is 78.4 Å². The zero-order valence-corrected chi connectivity index (χ0v) is 94.3. The molecule has 2 atom stereocenters. The third kappa shape index (κ3) is 58.7. The summed E-state index contributed by atoms with van der Waals surface area (Å²) < 4.78 is 21.2. The first kappa shape index (κ1) is 137. The molecular weight excluding hydrogens is 2000 g/mol. The number of benzene rings is 7. The molecule has 828 valence electrons. The van der Waals surface area contributed by atoms with Crippen molar-refractivity contribution in [3.05, 3.63) is 233 Å². The van der Waals surface area contributed by atoms with Crippen LogP contribution in [0, 0.1) is 0 Å². The Labute approximate surface area is 907 Å². The van der Waals surface area contributed by atoms with Gasteiger partial charge in [-0.05, 0) is 209 Å². The number of amides is 6. The molecular formula is C121H192Br2N6O17P-. The van der Waals surface area contributed by atoms with Crippen molar-refractivity contribution >= 4 is 58.6 Å². The van der Waals surface area contributed by atoms with E-state index in [-0.39, 0.29) is 163 Å². The van der Waals surface area contributed by atoms with Gasteiger partial charge in [0.1, 0.15) is 43.0 Å². The van der Waals surface area contributed by atoms with Crippen LogP contribution in [0.1, 0.15) is 326 Å². The molecule has 0 heterocycles. The highest BCUT2D eigenvalue weighted by molar-refractivity contribution is 7.96. The number of carbonyl (C=O) groups is 6. The molecule has 13 N–H and O–H groups in total. The number of aryl methyl sites for hydroxylation is 8. The monoisotopic (exact) mass is 2190 g/mol. The lowest BCUT2D eigenvalue weighted by Gasteiger charge is -2.33. The molecule has 0 aliphatic carbocycles. The third-order valence-electron chi connectivity index (χ3n) is 27.1. The number of aliphatic hydroxyl groups excluding tert-OH is 7. The van der Waals surface area contributed by atoms with Crippen molar-refractivity contribution in [3.8, 4) is 0 Å². The van der Waals surface area contributed by atoms with E-state index in [1.54, 1.807) is 0 Å². The Bertz CT molecular complexity index is 4310. The number of ether oxygens (including phenoxy) is 4. The van der Waals surface area contributed by atoms with Gasteiger partial charge in [-0.15, -0.1) is 0 Å². The second-order valence-corrected chi connectivity index (χ2v) is 42.5. The lowest BCUT2D eigenvalue weighted by molar-refractivity contribution is -0.130. The topological polar surface area (TPSA) is 353 Å². The SMILES string of the molecule is C.CCCCCCCCc1ccc(CCC(CC)(CO)NC(=O)COCCNC(=O)CCC)cc1.CCCCCCCCc1ccc(CCC(CC)(CO)NC(=O)COCCO)cc1.CCCCCCCCc1ccc(CCC(CO)(CO)NC(=O)COCCOCCNC(=O)CCC)cc1.CCCCCCCCc1ccc(CCC(CO)(CO)NC(=O)C[P+](c2ccccc2)(c2ccccc2)c2ccccc2)cc1.[Br-].[Br-]. The summed E-state index contributed by atoms with van der Waals surface area (Å²) in [7, 11) is -2.39. The first-order valence-electron chi connectivity index (χ1n) is 54.8. The maximum atomic E-state index is 14.0. The quantitative estimate of drug-likeness (QED) is 0.0124. The fourth-order valence-corrected chi connectivity index (χ4v) is 21.5. The van der Waals surface area contributed by atoms with E-state index in [4.69, 9.17) is 24.1 Å². The molecule has 0 spiro atoms. The summed E-state index contributed by atoms with van der Waals surface area (Å²) in [5, 5.41) is 90.1. The van der Waals surface area contributed by atoms with Gasteiger partial charge in [0.2, 0.25) is 29.5 Å². The summed E-state index contributed by atoms with van der Waals surface area (Å²) in [5.74, 6) is -1.07. The Morgan fingerprint density at radius 2 is 0.490 bits per heavy atom. The van der Waals surface area contributed by atoms with E-state index in [2.05, 4.69) is 193 Å². The first-order valence-corrected chi connectivity index (χ1v) is 56.8. The van der Waals surface area contributed by atoms with Gasteiger partial charge in [-0.1, -0.05) is 343 Å². The molecule has 2 unspecified atom stereocenters. The van der Waals surface area contributed by atoms with Crippen LogP contribution < -0.4 is 81.8 Å². The molecule has 147 heavy (non-hydrogen) atoms. The number of hydrogen-bond donors (Lipinski definition) is 13. The first-order chi connectivity index (χ1) is 70.1. The van der Waals surface area contributed by atoms with Crippen molar-refractivity contribution in [2.45, 2.75) is 355 Å². The molecule has 26 heteroatoms. The standard InChI is InChI=1S/C39H48NO3P.C29H50N2O6.C28H48N2O4.C24H41NO4.CH4.2BrH/c1-2-3-4-5-6-10-17-33-24-26-34(27-25-33)28-29-39(31-41,32-42)40-38(43)30-44(35-18-11-7-12-19-35,36-20-13-8-14-21-36)37-22-15-9-16-23-37;1-3-5-6-7-8-9-11-25-12-14-26(15-13-25)16-17-29(23-32,24-33)31-28(35)22-37-21-20-36-19-18-30-27(34)10-4-2;1-4-7-8-9-10-11-13-24-14-16-25(17-15-24)18-19-28(6-3,23-31)30-27(33)22-34-21-20-29-26(32)12-5-2;1-3-5-6-7-8-9-10-21-11-13-22(14-12-21)15-16-24(4-2,20-27)25-23(28)19-29-18-17-26;;;/h7-9,11-16,18-27,41-42H,2-6,10,17,28-32H2,1H3;12-15,32-33H,3-11,16-24H2,1-2H3,(H,30,34)(H,31,35);14-17,31H,4-13,18-23H2,1-3H3,(H,29,32)(H,30,33);11-14,26-27H,3-10,15-20H2,1-2H3,(H,25,28);1H4;2*1H/p-1. The molecule has 0 aromatic heterocycles. The number of rotatable bonds is 78. The lowest BCUT2D eigenvalue weighted by atomic mass is 9.89. The highest BCUT2D eigenvalue weighted by Gasteiger charge is 2.48. The molecule has 0 fully saturated rings. The van der Waals surface area contributed by atoms with Gasteiger partial charge in [-0.2, -0.15) is 0 Å². The summed E-state index contributed by atoms with van der Waals surface area (Å²) in [5.41, 5.74) is 6.56. The van der Waals surface area contributed by atoms with Crippen LogP contribution in [-0.4, -0.2) is 212 Å². The van der Waals surface area contributed by atoms with Gasteiger partial charge in [-0.25, -0.2) is 0 Å². The normalized spacial score (nSPS) is 12.0. The number of halogens is 2. The van der Waals surface area contributed by atoms with Crippen LogP contribution >= 0.6 is 7.26 Å². The van der Waals surface area contributed by atoms with Crippen molar-refractivity contribution in [1.82, 2.24) is 31.9 Å². The van der Waals surface area contributed by atoms with Crippen molar-refractivity contribution in [3.63, 3.8) is 0 Å². The Morgan fingerprint density at radius 1 is 0.259 bits per heavy atom. The Hall–Kier alpha value is -7.69. The maximum Gasteiger partial charge on any atom is 0.259 e. The molecule has 0 bridgehead atoms. The number of carbonyl (C=O) groups excluding carboxylic acids is 6. The fourth-order valence-electron chi connectivity index (χ4n) is 17.5. The minimum absolute atomic E-state index is 0. The Morgan fingerprint density at radius 3 is 0.755 bits per heavy atom. The number of hydrogen-bond acceptors (Lipinski definition) is 17. The molecule has 0 aliphatic heterocycles. The van der Waals surface area contributed by atoms with Gasteiger partial charge in [0, 0.05) is 25.9 Å². The number of unbranched alkanes of at least 4 members (excludes halogenated alkanes) is 20. The molecule has 0 aliphatic rings. The molecule has 6 amide bonds. The van der Waals surface area contributed by atoms with Crippen molar-refractivity contribution < 1.29 is 117 Å². The molecule has 0 saturated heterocycles. The number of nitrogens with one attached hydrogen (secondary N) is 6. The fraction of sp³-hybridized carbons (Fsp3) is 0.603. The van der Waals surface area contributed by atoms with Crippen molar-refractivity contribution in [2.75, 3.05) is 118 Å². The molecule has 7 aromatic carbocycles. The molecule has 23 nitrogen and oxygen atoms in total. The zero-order chi connectivity index (χ0) is 105. The van der Waals surface area contributed by atoms with Gasteiger partial charge in [-0.3, -0.25) is 28.8 Å². The van der Waals surface area contributed by atoms with Gasteiger partial charge in [0.05, 0.1) is 101 Å². The summed E-state index contributed by atoms with van der Waals surface area (Å²) in [6.07, 6.45) is 44.8. The predicted molar refractivity (Wildman–Crippen MR) is 597 cm³/mol. The van der Waals surface area contributed by atoms with Crippen LogP contribution in [0.4, 0.5) is 0 Å². The highest BCUT2D eigenvalue weighted by Crippen LogP contribution is 2.55. The minimum atomic E-state index is -2.39. The van der Waals surface area contributed by atoms with E-state index in [1.807, 2.05) is 82.3 Å². The molecule has 0 saturated carbocycles. The summed E-state index contributed by atoms with van der Waals surface area (Å²) in [6.45, 7) is 16.9. The van der Waals surface area contributed by atoms with Gasteiger partial charge >= 0.3 is 0 Å².